The number of nitrogens with one attached hydrogen (secondary N) is 1. The number of ether oxygens (including phenoxy) is 1. The Hall–Kier alpha value is -1.52. The second-order valence-electron chi connectivity index (χ2n) is 2.04. The van der Waals surface area contributed by atoms with Crippen LogP contribution in [0.4, 0.5) is 0 Å². The summed E-state index contributed by atoms with van der Waals surface area (Å²) in [7, 11) is 2.75. The molecule has 0 aliphatic carbocycles. The SMILES string of the molecule is COC(=O)c1c[nH]n(C)c1=O. The molecule has 0 aliphatic heterocycles. The maximum Gasteiger partial charge on any atom is 0.345 e. The minimum Gasteiger partial charge on any atom is -0.465 e. The van der Waals surface area contributed by atoms with E-state index < -0.39 is 5.97 Å². The predicted octanol–water partition coefficient (Wildman–Crippen LogP) is -0.500. The first kappa shape index (κ1) is 7.59. The molecule has 5 nitrogen and oxygen atoms in total. The minimum atomic E-state index is -0.619. The van der Waals surface area contributed by atoms with E-state index in [1.165, 1.54) is 25.0 Å². The van der Waals surface area contributed by atoms with Gasteiger partial charge in [0.15, 0.2) is 0 Å². The molecule has 0 aliphatic rings. The third-order valence-corrected chi connectivity index (χ3v) is 1.34. The van der Waals surface area contributed by atoms with Gasteiger partial charge >= 0.3 is 5.97 Å². The Morgan fingerprint density at radius 3 is 2.73 bits per heavy atom. The van der Waals surface area contributed by atoms with E-state index in [1.807, 2.05) is 0 Å². The lowest BCUT2D eigenvalue weighted by Crippen LogP contribution is -2.19. The number of hydrogen-bond acceptors (Lipinski definition) is 3. The van der Waals surface area contributed by atoms with Crippen molar-refractivity contribution in [2.75, 3.05) is 7.11 Å². The normalized spacial score (nSPS) is 9.64. The van der Waals surface area contributed by atoms with Crippen LogP contribution in [0.5, 0.6) is 0 Å². The van der Waals surface area contributed by atoms with Crippen molar-refractivity contribution < 1.29 is 9.53 Å². The highest BCUT2D eigenvalue weighted by Gasteiger charge is 2.11. The molecule has 0 fully saturated rings. The number of esters is 1. The van der Waals surface area contributed by atoms with Crippen molar-refractivity contribution in [2.45, 2.75) is 0 Å². The second kappa shape index (κ2) is 2.61. The minimum absolute atomic E-state index is 0.0231. The van der Waals surface area contributed by atoms with E-state index in [9.17, 15) is 9.59 Å². The summed E-state index contributed by atoms with van der Waals surface area (Å²) in [6, 6.07) is 0. The number of H-pyrrole nitrogens is 1. The van der Waals surface area contributed by atoms with Gasteiger partial charge in [-0.3, -0.25) is 9.48 Å². The Morgan fingerprint density at radius 1 is 1.73 bits per heavy atom. The molecule has 0 amide bonds. The lowest BCUT2D eigenvalue weighted by Gasteiger charge is -1.89. The number of methoxy groups -OCH3 is 1. The van der Waals surface area contributed by atoms with Gasteiger partial charge in [0.2, 0.25) is 0 Å². The van der Waals surface area contributed by atoms with Crippen molar-refractivity contribution >= 4 is 5.97 Å². The molecule has 1 rings (SSSR count). The molecule has 5 heteroatoms. The lowest BCUT2D eigenvalue weighted by atomic mass is 10.4. The zero-order valence-electron chi connectivity index (χ0n) is 6.25. The summed E-state index contributed by atoms with van der Waals surface area (Å²) in [4.78, 5) is 21.8. The number of rotatable bonds is 1. The van der Waals surface area contributed by atoms with Gasteiger partial charge in [0.25, 0.3) is 5.56 Å². The first-order chi connectivity index (χ1) is 5.16. The molecule has 1 heterocycles. The maximum atomic E-state index is 11.0. The molecule has 1 aromatic heterocycles. The highest BCUT2D eigenvalue weighted by atomic mass is 16.5. The lowest BCUT2D eigenvalue weighted by molar-refractivity contribution is 0.0599. The number of hydrogen-bond donors (Lipinski definition) is 1. The molecule has 0 aromatic carbocycles. The summed E-state index contributed by atoms with van der Waals surface area (Å²) in [5, 5.41) is 2.56. The predicted molar refractivity (Wildman–Crippen MR) is 37.4 cm³/mol. The number of carbonyl (C=O) groups excluding carboxylic acids is 1. The van der Waals surface area contributed by atoms with E-state index in [2.05, 4.69) is 9.84 Å². The summed E-state index contributed by atoms with van der Waals surface area (Å²) in [6.45, 7) is 0. The van der Waals surface area contributed by atoms with Crippen molar-refractivity contribution in [1.82, 2.24) is 9.78 Å². The van der Waals surface area contributed by atoms with Gasteiger partial charge in [0, 0.05) is 13.2 Å². The summed E-state index contributed by atoms with van der Waals surface area (Å²) < 4.78 is 5.56. The van der Waals surface area contributed by atoms with E-state index >= 15 is 0 Å². The van der Waals surface area contributed by atoms with Gasteiger partial charge in [-0.05, 0) is 0 Å². The van der Waals surface area contributed by atoms with Crippen molar-refractivity contribution in [1.29, 1.82) is 0 Å². The van der Waals surface area contributed by atoms with Crippen molar-refractivity contribution in [3.05, 3.63) is 22.1 Å². The van der Waals surface area contributed by atoms with E-state index in [0.29, 0.717) is 0 Å². The van der Waals surface area contributed by atoms with Gasteiger partial charge in [-0.25, -0.2) is 4.79 Å². The smallest absolute Gasteiger partial charge is 0.345 e. The molecule has 0 radical (unpaired) electrons. The van der Waals surface area contributed by atoms with Crippen LogP contribution >= 0.6 is 0 Å². The van der Waals surface area contributed by atoms with Gasteiger partial charge in [0.05, 0.1) is 7.11 Å². The molecule has 60 valence electrons. The van der Waals surface area contributed by atoms with E-state index in [4.69, 9.17) is 0 Å². The van der Waals surface area contributed by atoms with Crippen LogP contribution in [0.1, 0.15) is 10.4 Å². The fourth-order valence-corrected chi connectivity index (χ4v) is 0.719. The third kappa shape index (κ3) is 1.17. The quantitative estimate of drug-likeness (QED) is 0.557. The zero-order valence-corrected chi connectivity index (χ0v) is 6.25. The van der Waals surface area contributed by atoms with Crippen molar-refractivity contribution in [3.8, 4) is 0 Å². The highest BCUT2D eigenvalue weighted by molar-refractivity contribution is 5.88. The average Bonchev–Trinajstić information content (AvgIpc) is 2.32. The molecule has 0 saturated heterocycles. The highest BCUT2D eigenvalue weighted by Crippen LogP contribution is 1.90. The Balaban J connectivity index is 3.15. The second-order valence-corrected chi connectivity index (χ2v) is 2.04. The topological polar surface area (TPSA) is 64.1 Å². The van der Waals surface area contributed by atoms with Crippen LogP contribution in [0.25, 0.3) is 0 Å². The first-order valence-corrected chi connectivity index (χ1v) is 2.99. The number of aryl methyl sites for hydroxylation is 1. The zero-order chi connectivity index (χ0) is 8.43. The van der Waals surface area contributed by atoms with Gasteiger partial charge in [-0.1, -0.05) is 0 Å². The molecule has 0 atom stereocenters. The molecule has 0 unspecified atom stereocenters. The van der Waals surface area contributed by atoms with Crippen LogP contribution in [-0.2, 0) is 11.8 Å². The van der Waals surface area contributed by atoms with Crippen LogP contribution in [0, 0.1) is 0 Å². The third-order valence-electron chi connectivity index (χ3n) is 1.34. The number of nitrogens with zero attached hydrogens (tertiary/aromatic N) is 1. The molecular weight excluding hydrogens is 148 g/mol. The fraction of sp³-hybridized carbons (Fsp3) is 0.333. The van der Waals surface area contributed by atoms with Crippen LogP contribution in [0.3, 0.4) is 0 Å². The van der Waals surface area contributed by atoms with Gasteiger partial charge in [-0.2, -0.15) is 0 Å². The first-order valence-electron chi connectivity index (χ1n) is 2.99. The Kier molecular flexibility index (Phi) is 1.80. The Morgan fingerprint density at radius 2 is 2.36 bits per heavy atom. The Labute approximate surface area is 62.6 Å². The monoisotopic (exact) mass is 156 g/mol. The molecular formula is C6H8N2O3. The summed E-state index contributed by atoms with van der Waals surface area (Å²) in [5.41, 5.74) is -0.355. The fourth-order valence-electron chi connectivity index (χ4n) is 0.719. The maximum absolute atomic E-state index is 11.0. The van der Waals surface area contributed by atoms with Gasteiger partial charge in [0.1, 0.15) is 5.56 Å². The standard InChI is InChI=1S/C6H8N2O3/c1-8-5(9)4(3-7-8)6(10)11-2/h3,7H,1-2H3. The van der Waals surface area contributed by atoms with E-state index in [1.54, 1.807) is 0 Å². The molecule has 1 aromatic rings. The number of carbonyl (C=O) groups is 1. The van der Waals surface area contributed by atoms with Gasteiger partial charge in [-0.15, -0.1) is 0 Å². The molecule has 0 spiro atoms. The van der Waals surface area contributed by atoms with Crippen molar-refractivity contribution in [2.24, 2.45) is 7.05 Å². The summed E-state index contributed by atoms with van der Waals surface area (Å²) in [5.74, 6) is -0.619. The number of aromatic amines is 1. The average molecular weight is 156 g/mol. The largest absolute Gasteiger partial charge is 0.465 e. The van der Waals surface area contributed by atoms with E-state index in [-0.39, 0.29) is 11.1 Å². The molecule has 0 saturated carbocycles. The molecule has 0 bridgehead atoms. The van der Waals surface area contributed by atoms with Crippen LogP contribution < -0.4 is 5.56 Å². The van der Waals surface area contributed by atoms with Crippen molar-refractivity contribution in [3.63, 3.8) is 0 Å². The molecule has 11 heavy (non-hydrogen) atoms. The summed E-state index contributed by atoms with van der Waals surface area (Å²) in [6.07, 6.45) is 1.31. The Bertz CT molecular complexity index is 323. The van der Waals surface area contributed by atoms with E-state index in [0.717, 1.165) is 0 Å². The summed E-state index contributed by atoms with van der Waals surface area (Å²) >= 11 is 0. The van der Waals surface area contributed by atoms with Crippen LogP contribution in [0.15, 0.2) is 11.0 Å². The molecule has 1 N–H and O–H groups in total. The van der Waals surface area contributed by atoms with Crippen LogP contribution in [0.2, 0.25) is 0 Å². The van der Waals surface area contributed by atoms with Gasteiger partial charge < -0.3 is 9.84 Å². The number of aromatic nitrogens is 2. The van der Waals surface area contributed by atoms with Crippen LogP contribution in [-0.4, -0.2) is 22.9 Å².